The third-order valence-corrected chi connectivity index (χ3v) is 3.49. The summed E-state index contributed by atoms with van der Waals surface area (Å²) in [6.45, 7) is 0. The van der Waals surface area contributed by atoms with Crippen molar-refractivity contribution in [2.75, 3.05) is 17.8 Å². The van der Waals surface area contributed by atoms with Crippen LogP contribution in [0.4, 0.5) is 5.13 Å². The Morgan fingerprint density at radius 1 is 1.39 bits per heavy atom. The number of carbonyl (C=O) groups is 2. The first-order valence-electron chi connectivity index (χ1n) is 5.40. The fourth-order valence-corrected chi connectivity index (χ4v) is 2.14. The zero-order valence-electron chi connectivity index (χ0n) is 9.94. The average Bonchev–Trinajstić information content (AvgIpc) is 2.81. The number of alkyl halides is 1. The van der Waals surface area contributed by atoms with Crippen molar-refractivity contribution in [2.45, 2.75) is 25.7 Å². The number of amides is 1. The minimum Gasteiger partial charge on any atom is -0.469 e. The number of aromatic nitrogens is 2. The summed E-state index contributed by atoms with van der Waals surface area (Å²) in [4.78, 5) is 22.0. The molecule has 0 saturated carbocycles. The smallest absolute Gasteiger partial charge is 0.305 e. The number of rotatable bonds is 7. The lowest BCUT2D eigenvalue weighted by molar-refractivity contribution is -0.140. The second-order valence-corrected chi connectivity index (χ2v) is 5.09. The number of methoxy groups -OCH3 is 1. The molecule has 0 atom stereocenters. The van der Waals surface area contributed by atoms with E-state index in [1.807, 2.05) is 0 Å². The van der Waals surface area contributed by atoms with Gasteiger partial charge in [-0.1, -0.05) is 27.3 Å². The van der Waals surface area contributed by atoms with Crippen LogP contribution in [0.1, 0.15) is 24.3 Å². The first-order chi connectivity index (χ1) is 8.65. The molecule has 0 bridgehead atoms. The van der Waals surface area contributed by atoms with Crippen LogP contribution in [0.3, 0.4) is 0 Å². The van der Waals surface area contributed by atoms with E-state index in [9.17, 15) is 9.59 Å². The van der Waals surface area contributed by atoms with Crippen molar-refractivity contribution in [3.63, 3.8) is 0 Å². The number of hydrogen-bond donors (Lipinski definition) is 1. The van der Waals surface area contributed by atoms with Gasteiger partial charge in [0.2, 0.25) is 11.0 Å². The topological polar surface area (TPSA) is 81.2 Å². The van der Waals surface area contributed by atoms with Gasteiger partial charge in [-0.15, -0.1) is 10.2 Å². The van der Waals surface area contributed by atoms with Crippen molar-refractivity contribution < 1.29 is 14.3 Å². The van der Waals surface area contributed by atoms with Crippen LogP contribution >= 0.6 is 27.3 Å². The van der Waals surface area contributed by atoms with E-state index in [-0.39, 0.29) is 17.2 Å². The molecule has 0 aromatic carbocycles. The minimum atomic E-state index is -0.197. The summed E-state index contributed by atoms with van der Waals surface area (Å²) in [6.07, 6.45) is 2.77. The summed E-state index contributed by atoms with van der Waals surface area (Å²) >= 11 is 4.40. The van der Waals surface area contributed by atoms with Crippen molar-refractivity contribution in [3.8, 4) is 0 Å². The van der Waals surface area contributed by atoms with Crippen LogP contribution in [0, 0.1) is 0 Å². The van der Waals surface area contributed by atoms with Gasteiger partial charge >= 0.3 is 5.97 Å². The Hall–Kier alpha value is -1.02. The summed E-state index contributed by atoms with van der Waals surface area (Å²) < 4.78 is 4.55. The molecule has 0 aliphatic carbocycles. The van der Waals surface area contributed by atoms with E-state index in [0.29, 0.717) is 11.6 Å². The van der Waals surface area contributed by atoms with Crippen LogP contribution in [0.5, 0.6) is 0 Å². The first-order valence-corrected chi connectivity index (χ1v) is 7.34. The lowest BCUT2D eigenvalue weighted by atomic mass is 10.2. The Balaban J connectivity index is 2.27. The number of ether oxygens (including phenoxy) is 1. The van der Waals surface area contributed by atoms with Crippen LogP contribution in [0.2, 0.25) is 0 Å². The number of carbonyl (C=O) groups excluding carboxylic acids is 2. The van der Waals surface area contributed by atoms with E-state index in [0.717, 1.165) is 24.3 Å². The zero-order valence-corrected chi connectivity index (χ0v) is 12.3. The van der Waals surface area contributed by atoms with Crippen LogP contribution < -0.4 is 5.32 Å². The summed E-state index contributed by atoms with van der Waals surface area (Å²) in [5.74, 6) is -0.346. The molecular formula is C10H14BrN3O3S. The third kappa shape index (κ3) is 5.54. The Kier molecular flexibility index (Phi) is 6.81. The van der Waals surface area contributed by atoms with Crippen molar-refractivity contribution in [1.29, 1.82) is 0 Å². The highest BCUT2D eigenvalue weighted by molar-refractivity contribution is 9.09. The molecule has 0 saturated heterocycles. The molecule has 1 aromatic rings. The van der Waals surface area contributed by atoms with E-state index >= 15 is 0 Å². The second-order valence-electron chi connectivity index (χ2n) is 3.47. The molecule has 6 nitrogen and oxygen atoms in total. The SMILES string of the molecule is COC(=O)CCCCc1nnc(NC(=O)CBr)s1. The summed E-state index contributed by atoms with van der Waals surface area (Å²) in [5, 5.41) is 12.0. The maximum absolute atomic E-state index is 11.1. The molecular weight excluding hydrogens is 322 g/mol. The van der Waals surface area contributed by atoms with Crippen LogP contribution in [-0.2, 0) is 20.7 Å². The predicted octanol–water partition coefficient (Wildman–Crippen LogP) is 1.76. The van der Waals surface area contributed by atoms with Gasteiger partial charge in [-0.3, -0.25) is 14.9 Å². The van der Waals surface area contributed by atoms with Crippen LogP contribution in [0.25, 0.3) is 0 Å². The number of unbranched alkanes of at least 4 members (excludes halogenated alkanes) is 1. The van der Waals surface area contributed by atoms with Gasteiger partial charge in [0.15, 0.2) is 0 Å². The quantitative estimate of drug-likeness (QED) is 0.466. The minimum absolute atomic E-state index is 0.150. The number of halogens is 1. The maximum Gasteiger partial charge on any atom is 0.305 e. The Bertz CT molecular complexity index is 411. The van der Waals surface area contributed by atoms with E-state index in [1.54, 1.807) is 0 Å². The summed E-state index contributed by atoms with van der Waals surface area (Å²) in [5.41, 5.74) is 0. The molecule has 1 amide bonds. The normalized spacial score (nSPS) is 10.1. The van der Waals surface area contributed by atoms with Gasteiger partial charge in [-0.05, 0) is 12.8 Å². The van der Waals surface area contributed by atoms with Gasteiger partial charge in [-0.25, -0.2) is 0 Å². The average molecular weight is 336 g/mol. The highest BCUT2D eigenvalue weighted by Gasteiger charge is 2.07. The lowest BCUT2D eigenvalue weighted by Gasteiger charge is -1.97. The molecule has 8 heteroatoms. The molecule has 18 heavy (non-hydrogen) atoms. The van der Waals surface area contributed by atoms with Crippen LogP contribution in [0.15, 0.2) is 0 Å². The van der Waals surface area contributed by atoms with Crippen molar-refractivity contribution >= 4 is 44.3 Å². The maximum atomic E-state index is 11.1. The van der Waals surface area contributed by atoms with E-state index in [2.05, 4.69) is 36.2 Å². The number of anilines is 1. The summed E-state index contributed by atoms with van der Waals surface area (Å²) in [7, 11) is 1.38. The number of nitrogens with one attached hydrogen (secondary N) is 1. The van der Waals surface area contributed by atoms with Gasteiger partial charge in [0.05, 0.1) is 12.4 Å². The third-order valence-electron chi connectivity index (χ3n) is 2.08. The van der Waals surface area contributed by atoms with Gasteiger partial charge in [0, 0.05) is 12.8 Å². The predicted molar refractivity (Wildman–Crippen MR) is 71.9 cm³/mol. The van der Waals surface area contributed by atoms with Gasteiger partial charge in [-0.2, -0.15) is 0 Å². The van der Waals surface area contributed by atoms with E-state index < -0.39 is 0 Å². The van der Waals surface area contributed by atoms with Gasteiger partial charge < -0.3 is 4.74 Å². The van der Waals surface area contributed by atoms with Crippen molar-refractivity contribution in [2.24, 2.45) is 0 Å². The molecule has 100 valence electrons. The van der Waals surface area contributed by atoms with Gasteiger partial charge in [0.25, 0.3) is 0 Å². The van der Waals surface area contributed by atoms with E-state index in [1.165, 1.54) is 18.4 Å². The van der Waals surface area contributed by atoms with Crippen molar-refractivity contribution in [1.82, 2.24) is 10.2 Å². The molecule has 0 spiro atoms. The number of aryl methyl sites for hydroxylation is 1. The van der Waals surface area contributed by atoms with Gasteiger partial charge in [0.1, 0.15) is 5.01 Å². The lowest BCUT2D eigenvalue weighted by Crippen LogP contribution is -2.11. The fourth-order valence-electron chi connectivity index (χ4n) is 1.21. The molecule has 0 radical (unpaired) electrons. The molecule has 1 rings (SSSR count). The monoisotopic (exact) mass is 335 g/mol. The Morgan fingerprint density at radius 2 is 2.17 bits per heavy atom. The van der Waals surface area contributed by atoms with E-state index in [4.69, 9.17) is 0 Å². The zero-order chi connectivity index (χ0) is 13.4. The molecule has 1 heterocycles. The largest absolute Gasteiger partial charge is 0.469 e. The standard InChI is InChI=1S/C10H14BrN3O3S/c1-17-9(16)5-3-2-4-8-13-14-10(18-8)12-7(15)6-11/h2-6H2,1H3,(H,12,14,15). The molecule has 0 fully saturated rings. The van der Waals surface area contributed by atoms with Crippen molar-refractivity contribution in [3.05, 3.63) is 5.01 Å². The highest BCUT2D eigenvalue weighted by Crippen LogP contribution is 2.17. The Labute approximate surface area is 117 Å². The number of nitrogens with zero attached hydrogens (tertiary/aromatic N) is 2. The highest BCUT2D eigenvalue weighted by atomic mass is 79.9. The molecule has 1 N–H and O–H groups in total. The molecule has 1 aromatic heterocycles. The first kappa shape index (κ1) is 15.0. The Morgan fingerprint density at radius 3 is 2.83 bits per heavy atom. The second kappa shape index (κ2) is 8.15. The molecule has 0 unspecified atom stereocenters. The molecule has 0 aliphatic rings. The fraction of sp³-hybridized carbons (Fsp3) is 0.600. The number of esters is 1. The van der Waals surface area contributed by atoms with Crippen LogP contribution in [-0.4, -0.2) is 34.5 Å². The summed E-state index contributed by atoms with van der Waals surface area (Å²) in [6, 6.07) is 0. The molecule has 0 aliphatic heterocycles. The number of hydrogen-bond acceptors (Lipinski definition) is 6.